The average molecular weight is 295 g/mol. The Morgan fingerprint density at radius 2 is 1.90 bits per heavy atom. The maximum Gasteiger partial charge on any atom is 0.226 e. The Hall–Kier alpha value is -0.920. The van der Waals surface area contributed by atoms with Crippen molar-refractivity contribution in [2.24, 2.45) is 0 Å². The number of anilines is 1. The van der Waals surface area contributed by atoms with E-state index in [1.807, 2.05) is 0 Å². The van der Waals surface area contributed by atoms with Crippen molar-refractivity contribution in [3.8, 4) is 0 Å². The van der Waals surface area contributed by atoms with E-state index >= 15 is 0 Å². The Bertz CT molecular complexity index is 531. The molecule has 1 aliphatic carbocycles. The second-order valence-electron chi connectivity index (χ2n) is 5.97. The van der Waals surface area contributed by atoms with Crippen LogP contribution in [0, 0.1) is 4.77 Å². The highest BCUT2D eigenvalue weighted by Gasteiger charge is 2.34. The van der Waals surface area contributed by atoms with Crippen molar-refractivity contribution in [1.29, 1.82) is 0 Å². The molecule has 7 heteroatoms. The zero-order valence-corrected chi connectivity index (χ0v) is 12.4. The van der Waals surface area contributed by atoms with E-state index in [1.165, 1.54) is 19.3 Å². The number of nitrogens with one attached hydrogen (secondary N) is 1. The summed E-state index contributed by atoms with van der Waals surface area (Å²) in [5.74, 6) is 1.05. The Balaban J connectivity index is 1.49. The SMILES string of the molecule is S=c1[nH]nc(N2CCC(N3CCOCC3)C2)n1C1CC1. The Kier molecular flexibility index (Phi) is 3.28. The Morgan fingerprint density at radius 3 is 2.65 bits per heavy atom. The quantitative estimate of drug-likeness (QED) is 0.849. The number of ether oxygens (including phenoxy) is 1. The normalized spacial score (nSPS) is 28.2. The fourth-order valence-electron chi connectivity index (χ4n) is 3.35. The number of hydrogen-bond donors (Lipinski definition) is 1. The summed E-state index contributed by atoms with van der Waals surface area (Å²) in [5, 5.41) is 7.44. The van der Waals surface area contributed by atoms with E-state index in [2.05, 4.69) is 24.6 Å². The summed E-state index contributed by atoms with van der Waals surface area (Å²) in [7, 11) is 0. The summed E-state index contributed by atoms with van der Waals surface area (Å²) in [4.78, 5) is 4.96. The first-order valence-electron chi connectivity index (χ1n) is 7.56. The fourth-order valence-corrected chi connectivity index (χ4v) is 3.62. The number of morpholine rings is 1. The number of hydrogen-bond acceptors (Lipinski definition) is 5. The molecule has 20 heavy (non-hydrogen) atoms. The minimum Gasteiger partial charge on any atom is -0.379 e. The maximum atomic E-state index is 5.44. The van der Waals surface area contributed by atoms with E-state index in [0.29, 0.717) is 12.1 Å². The van der Waals surface area contributed by atoms with E-state index in [4.69, 9.17) is 17.0 Å². The molecule has 0 radical (unpaired) electrons. The van der Waals surface area contributed by atoms with Crippen LogP contribution < -0.4 is 4.90 Å². The zero-order valence-electron chi connectivity index (χ0n) is 11.6. The monoisotopic (exact) mass is 295 g/mol. The molecule has 110 valence electrons. The van der Waals surface area contributed by atoms with Crippen molar-refractivity contribution < 1.29 is 4.74 Å². The van der Waals surface area contributed by atoms with Gasteiger partial charge in [0.25, 0.3) is 0 Å². The van der Waals surface area contributed by atoms with Crippen molar-refractivity contribution >= 4 is 18.2 Å². The van der Waals surface area contributed by atoms with Gasteiger partial charge in [0.15, 0.2) is 4.77 Å². The van der Waals surface area contributed by atoms with Gasteiger partial charge < -0.3 is 9.64 Å². The summed E-state index contributed by atoms with van der Waals surface area (Å²) in [5.41, 5.74) is 0. The summed E-state index contributed by atoms with van der Waals surface area (Å²) >= 11 is 5.37. The molecule has 4 rings (SSSR count). The van der Waals surface area contributed by atoms with E-state index in [0.717, 1.165) is 50.1 Å². The fraction of sp³-hybridized carbons (Fsp3) is 0.846. The van der Waals surface area contributed by atoms with Crippen LogP contribution in [0.3, 0.4) is 0 Å². The predicted octanol–water partition coefficient (Wildman–Crippen LogP) is 1.19. The van der Waals surface area contributed by atoms with Crippen molar-refractivity contribution in [3.05, 3.63) is 4.77 Å². The predicted molar refractivity (Wildman–Crippen MR) is 78.7 cm³/mol. The summed E-state index contributed by atoms with van der Waals surface area (Å²) in [6.45, 7) is 6.01. The van der Waals surface area contributed by atoms with Crippen LogP contribution in [0.2, 0.25) is 0 Å². The van der Waals surface area contributed by atoms with Crippen molar-refractivity contribution in [2.75, 3.05) is 44.3 Å². The van der Waals surface area contributed by atoms with E-state index in [-0.39, 0.29) is 0 Å². The standard InChI is InChI=1S/C13H21N5OS/c20-13-15-14-12(18(13)10-1-2-10)17-4-3-11(9-17)16-5-7-19-8-6-16/h10-11H,1-9H2,(H,15,20). The molecule has 0 bridgehead atoms. The molecule has 3 heterocycles. The minimum absolute atomic E-state index is 0.582. The second kappa shape index (κ2) is 5.13. The highest BCUT2D eigenvalue weighted by molar-refractivity contribution is 7.71. The lowest BCUT2D eigenvalue weighted by atomic mass is 10.2. The highest BCUT2D eigenvalue weighted by Crippen LogP contribution is 2.38. The molecule has 6 nitrogen and oxygen atoms in total. The molecule has 3 fully saturated rings. The van der Waals surface area contributed by atoms with Gasteiger partial charge in [-0.05, 0) is 31.5 Å². The molecule has 0 aromatic carbocycles. The van der Waals surface area contributed by atoms with Crippen LogP contribution in [-0.4, -0.2) is 65.1 Å². The number of nitrogens with zero attached hydrogens (tertiary/aromatic N) is 4. The molecule has 1 atom stereocenters. The van der Waals surface area contributed by atoms with Gasteiger partial charge in [0.05, 0.1) is 13.2 Å². The molecular weight excluding hydrogens is 274 g/mol. The third kappa shape index (κ3) is 2.27. The second-order valence-corrected chi connectivity index (χ2v) is 6.35. The Morgan fingerprint density at radius 1 is 1.10 bits per heavy atom. The Labute approximate surface area is 123 Å². The maximum absolute atomic E-state index is 5.44. The third-order valence-corrected chi connectivity index (χ3v) is 4.89. The molecule has 1 saturated carbocycles. The van der Waals surface area contributed by atoms with E-state index < -0.39 is 0 Å². The van der Waals surface area contributed by atoms with Gasteiger partial charge in [-0.2, -0.15) is 0 Å². The first-order chi connectivity index (χ1) is 9.83. The molecule has 0 amide bonds. The largest absolute Gasteiger partial charge is 0.379 e. The lowest BCUT2D eigenvalue weighted by molar-refractivity contribution is 0.0209. The molecule has 1 N–H and O–H groups in total. The molecule has 2 aliphatic heterocycles. The van der Waals surface area contributed by atoms with Crippen LogP contribution in [0.15, 0.2) is 0 Å². The van der Waals surface area contributed by atoms with Crippen molar-refractivity contribution in [1.82, 2.24) is 19.7 Å². The van der Waals surface area contributed by atoms with Crippen LogP contribution in [0.4, 0.5) is 5.95 Å². The van der Waals surface area contributed by atoms with Crippen LogP contribution in [-0.2, 0) is 4.74 Å². The van der Waals surface area contributed by atoms with Gasteiger partial charge in [-0.1, -0.05) is 0 Å². The number of aromatic nitrogens is 3. The average Bonchev–Trinajstić information content (AvgIpc) is 3.06. The first kappa shape index (κ1) is 12.8. The first-order valence-corrected chi connectivity index (χ1v) is 7.97. The zero-order chi connectivity index (χ0) is 13.5. The number of H-pyrrole nitrogens is 1. The number of rotatable bonds is 3. The summed E-state index contributed by atoms with van der Waals surface area (Å²) in [6, 6.07) is 1.22. The summed E-state index contributed by atoms with van der Waals surface area (Å²) in [6.07, 6.45) is 3.69. The molecule has 1 unspecified atom stereocenters. The van der Waals surface area contributed by atoms with Crippen LogP contribution in [0.1, 0.15) is 25.3 Å². The van der Waals surface area contributed by atoms with Gasteiger partial charge >= 0.3 is 0 Å². The van der Waals surface area contributed by atoms with Crippen molar-refractivity contribution in [3.63, 3.8) is 0 Å². The topological polar surface area (TPSA) is 49.3 Å². The van der Waals surface area contributed by atoms with Gasteiger partial charge in [0.2, 0.25) is 5.95 Å². The van der Waals surface area contributed by atoms with E-state index in [9.17, 15) is 0 Å². The molecular formula is C13H21N5OS. The van der Waals surface area contributed by atoms with Crippen LogP contribution >= 0.6 is 12.2 Å². The lowest BCUT2D eigenvalue weighted by Gasteiger charge is -2.32. The van der Waals surface area contributed by atoms with Gasteiger partial charge in [-0.15, -0.1) is 5.10 Å². The molecule has 1 aromatic rings. The number of aromatic amines is 1. The molecule has 3 aliphatic rings. The van der Waals surface area contributed by atoms with E-state index in [1.54, 1.807) is 0 Å². The molecule has 2 saturated heterocycles. The van der Waals surface area contributed by atoms with Crippen molar-refractivity contribution in [2.45, 2.75) is 31.3 Å². The smallest absolute Gasteiger partial charge is 0.226 e. The summed E-state index contributed by atoms with van der Waals surface area (Å²) < 4.78 is 8.44. The highest BCUT2D eigenvalue weighted by atomic mass is 32.1. The third-order valence-electron chi connectivity index (χ3n) is 4.61. The van der Waals surface area contributed by atoms with Gasteiger partial charge in [-0.25, -0.2) is 5.10 Å². The lowest BCUT2D eigenvalue weighted by Crippen LogP contribution is -2.44. The molecule has 1 aromatic heterocycles. The van der Waals surface area contributed by atoms with Crippen LogP contribution in [0.5, 0.6) is 0 Å². The van der Waals surface area contributed by atoms with Crippen LogP contribution in [0.25, 0.3) is 0 Å². The van der Waals surface area contributed by atoms with Gasteiger partial charge in [0, 0.05) is 38.3 Å². The van der Waals surface area contributed by atoms with Gasteiger partial charge in [-0.3, -0.25) is 9.47 Å². The van der Waals surface area contributed by atoms with Gasteiger partial charge in [0.1, 0.15) is 0 Å². The minimum atomic E-state index is 0.582. The molecule has 0 spiro atoms.